The Morgan fingerprint density at radius 2 is 2.29 bits per heavy atom. The van der Waals surface area contributed by atoms with E-state index in [9.17, 15) is 4.79 Å². The molecule has 1 heterocycles. The first-order valence-corrected chi connectivity index (χ1v) is 6.63. The Kier molecular flexibility index (Phi) is 5.92. The first kappa shape index (κ1) is 14.5. The highest BCUT2D eigenvalue weighted by atomic mass is 16.5. The molecule has 0 saturated carbocycles. The quantitative estimate of drug-likeness (QED) is 0.662. The second-order valence-electron chi connectivity index (χ2n) is 5.49. The normalized spacial score (nSPS) is 20.5. The smallest absolute Gasteiger partial charge is 0.246 e. The molecule has 0 aliphatic carbocycles. The molecule has 1 rings (SSSR count). The molecular weight excluding hydrogens is 216 g/mol. The summed E-state index contributed by atoms with van der Waals surface area (Å²) in [6.45, 7) is 9.20. The molecule has 1 aliphatic heterocycles. The average molecular weight is 242 g/mol. The molecule has 100 valence electrons. The van der Waals surface area contributed by atoms with E-state index in [1.54, 1.807) is 0 Å². The predicted molar refractivity (Wildman–Crippen MR) is 68.9 cm³/mol. The fraction of sp³-hybridized carbons (Fsp3) is 0.923. The third-order valence-electron chi connectivity index (χ3n) is 3.43. The number of hydrogen-bond acceptors (Lipinski definition) is 3. The van der Waals surface area contributed by atoms with Gasteiger partial charge in [-0.1, -0.05) is 6.92 Å². The van der Waals surface area contributed by atoms with E-state index in [-0.39, 0.29) is 18.1 Å². The van der Waals surface area contributed by atoms with Crippen molar-refractivity contribution >= 4 is 5.91 Å². The number of ether oxygens (including phenoxy) is 1. The summed E-state index contributed by atoms with van der Waals surface area (Å²) in [5, 5.41) is 6.28. The van der Waals surface area contributed by atoms with Gasteiger partial charge in [-0.3, -0.25) is 4.79 Å². The molecule has 1 atom stereocenters. The van der Waals surface area contributed by atoms with Gasteiger partial charge in [0, 0.05) is 12.1 Å². The minimum atomic E-state index is -0.129. The molecule has 1 saturated heterocycles. The standard InChI is InChI=1S/C13H26N2O2/c1-4-13(2,3)15-12(16)10-17-8-6-11-5-7-14-9-11/h11,14H,4-10H2,1-3H3,(H,15,16). The van der Waals surface area contributed by atoms with E-state index in [1.165, 1.54) is 6.42 Å². The Morgan fingerprint density at radius 1 is 1.53 bits per heavy atom. The summed E-state index contributed by atoms with van der Waals surface area (Å²) in [4.78, 5) is 11.6. The maximum atomic E-state index is 11.6. The highest BCUT2D eigenvalue weighted by Crippen LogP contribution is 2.11. The summed E-state index contributed by atoms with van der Waals surface area (Å²) in [5.41, 5.74) is -0.129. The van der Waals surface area contributed by atoms with E-state index in [2.05, 4.69) is 17.6 Å². The van der Waals surface area contributed by atoms with Crippen molar-refractivity contribution in [2.45, 2.75) is 45.6 Å². The van der Waals surface area contributed by atoms with Crippen LogP contribution >= 0.6 is 0 Å². The van der Waals surface area contributed by atoms with Gasteiger partial charge in [-0.05, 0) is 52.1 Å². The van der Waals surface area contributed by atoms with Crippen LogP contribution in [0.1, 0.15) is 40.0 Å². The Hall–Kier alpha value is -0.610. The van der Waals surface area contributed by atoms with Crippen LogP contribution in [0.4, 0.5) is 0 Å². The van der Waals surface area contributed by atoms with Crippen molar-refractivity contribution < 1.29 is 9.53 Å². The van der Waals surface area contributed by atoms with Gasteiger partial charge in [0.15, 0.2) is 0 Å². The van der Waals surface area contributed by atoms with Crippen molar-refractivity contribution in [2.24, 2.45) is 5.92 Å². The molecule has 0 aromatic carbocycles. The van der Waals surface area contributed by atoms with Gasteiger partial charge in [-0.2, -0.15) is 0 Å². The van der Waals surface area contributed by atoms with Gasteiger partial charge < -0.3 is 15.4 Å². The highest BCUT2D eigenvalue weighted by Gasteiger charge is 2.18. The van der Waals surface area contributed by atoms with Crippen LogP contribution in [0.25, 0.3) is 0 Å². The second kappa shape index (κ2) is 6.97. The lowest BCUT2D eigenvalue weighted by molar-refractivity contribution is -0.127. The van der Waals surface area contributed by atoms with Crippen LogP contribution in [0.2, 0.25) is 0 Å². The van der Waals surface area contributed by atoms with Crippen LogP contribution < -0.4 is 10.6 Å². The van der Waals surface area contributed by atoms with Crippen molar-refractivity contribution in [2.75, 3.05) is 26.3 Å². The fourth-order valence-electron chi connectivity index (χ4n) is 1.88. The van der Waals surface area contributed by atoms with E-state index in [0.29, 0.717) is 6.61 Å². The Labute approximate surface area is 104 Å². The van der Waals surface area contributed by atoms with Crippen LogP contribution in [0.5, 0.6) is 0 Å². The lowest BCUT2D eigenvalue weighted by Gasteiger charge is -2.24. The van der Waals surface area contributed by atoms with Gasteiger partial charge in [0.1, 0.15) is 6.61 Å². The maximum absolute atomic E-state index is 11.6. The molecular formula is C13H26N2O2. The molecule has 1 amide bonds. The number of rotatable bonds is 7. The Morgan fingerprint density at radius 3 is 2.88 bits per heavy atom. The van der Waals surface area contributed by atoms with E-state index in [0.717, 1.165) is 31.8 Å². The summed E-state index contributed by atoms with van der Waals surface area (Å²) >= 11 is 0. The van der Waals surface area contributed by atoms with E-state index >= 15 is 0 Å². The first-order chi connectivity index (χ1) is 8.03. The third-order valence-corrected chi connectivity index (χ3v) is 3.43. The molecule has 1 fully saturated rings. The van der Waals surface area contributed by atoms with Gasteiger partial charge in [0.25, 0.3) is 0 Å². The van der Waals surface area contributed by atoms with Gasteiger partial charge >= 0.3 is 0 Å². The monoisotopic (exact) mass is 242 g/mol. The largest absolute Gasteiger partial charge is 0.372 e. The number of hydrogen-bond donors (Lipinski definition) is 2. The molecule has 4 nitrogen and oxygen atoms in total. The second-order valence-corrected chi connectivity index (χ2v) is 5.49. The summed E-state index contributed by atoms with van der Waals surface area (Å²) in [6.07, 6.45) is 3.21. The molecule has 2 N–H and O–H groups in total. The fourth-order valence-corrected chi connectivity index (χ4v) is 1.88. The Bertz CT molecular complexity index is 236. The van der Waals surface area contributed by atoms with E-state index in [4.69, 9.17) is 4.74 Å². The van der Waals surface area contributed by atoms with Crippen LogP contribution in [-0.2, 0) is 9.53 Å². The van der Waals surface area contributed by atoms with Crippen molar-refractivity contribution in [3.63, 3.8) is 0 Å². The SMILES string of the molecule is CCC(C)(C)NC(=O)COCCC1CCNC1. The van der Waals surface area contributed by atoms with Gasteiger partial charge in [0.05, 0.1) is 0 Å². The molecule has 17 heavy (non-hydrogen) atoms. The molecule has 0 radical (unpaired) electrons. The molecule has 0 aromatic heterocycles. The minimum Gasteiger partial charge on any atom is -0.372 e. The lowest BCUT2D eigenvalue weighted by atomic mass is 10.0. The third kappa shape index (κ3) is 6.03. The van der Waals surface area contributed by atoms with Crippen molar-refractivity contribution in [3.8, 4) is 0 Å². The highest BCUT2D eigenvalue weighted by molar-refractivity contribution is 5.77. The predicted octanol–water partition coefficient (Wildman–Crippen LogP) is 1.31. The summed E-state index contributed by atoms with van der Waals surface area (Å²) in [6, 6.07) is 0. The van der Waals surface area contributed by atoms with E-state index in [1.807, 2.05) is 13.8 Å². The zero-order valence-electron chi connectivity index (χ0n) is 11.3. The summed E-state index contributed by atoms with van der Waals surface area (Å²) < 4.78 is 5.41. The van der Waals surface area contributed by atoms with Crippen LogP contribution in [0.3, 0.4) is 0 Å². The van der Waals surface area contributed by atoms with Crippen molar-refractivity contribution in [3.05, 3.63) is 0 Å². The van der Waals surface area contributed by atoms with Gasteiger partial charge in [0.2, 0.25) is 5.91 Å². The molecule has 1 unspecified atom stereocenters. The first-order valence-electron chi connectivity index (χ1n) is 6.63. The van der Waals surface area contributed by atoms with Crippen LogP contribution in [-0.4, -0.2) is 37.7 Å². The van der Waals surface area contributed by atoms with Crippen molar-refractivity contribution in [1.29, 1.82) is 0 Å². The summed E-state index contributed by atoms with van der Waals surface area (Å²) in [5.74, 6) is 0.714. The topological polar surface area (TPSA) is 50.4 Å². The maximum Gasteiger partial charge on any atom is 0.246 e. The molecule has 0 bridgehead atoms. The number of nitrogens with one attached hydrogen (secondary N) is 2. The van der Waals surface area contributed by atoms with Crippen LogP contribution in [0.15, 0.2) is 0 Å². The zero-order valence-corrected chi connectivity index (χ0v) is 11.3. The molecule has 0 aromatic rings. The minimum absolute atomic E-state index is 0.0126. The van der Waals surface area contributed by atoms with Gasteiger partial charge in [-0.15, -0.1) is 0 Å². The summed E-state index contributed by atoms with van der Waals surface area (Å²) in [7, 11) is 0. The zero-order chi connectivity index (χ0) is 12.7. The molecule has 4 heteroatoms. The Balaban J connectivity index is 2.03. The number of carbonyl (C=O) groups excluding carboxylic acids is 1. The number of amides is 1. The lowest BCUT2D eigenvalue weighted by Crippen LogP contribution is -2.44. The molecule has 0 spiro atoms. The van der Waals surface area contributed by atoms with Gasteiger partial charge in [-0.25, -0.2) is 0 Å². The van der Waals surface area contributed by atoms with Crippen LogP contribution in [0, 0.1) is 5.92 Å². The average Bonchev–Trinajstić information content (AvgIpc) is 2.77. The van der Waals surface area contributed by atoms with E-state index < -0.39 is 0 Å². The number of carbonyl (C=O) groups is 1. The molecule has 1 aliphatic rings. The van der Waals surface area contributed by atoms with Crippen molar-refractivity contribution in [1.82, 2.24) is 10.6 Å².